The third kappa shape index (κ3) is 18.6. The molecule has 53 heavy (non-hydrogen) atoms. The van der Waals surface area contributed by atoms with Gasteiger partial charge >= 0.3 is 19.8 Å². The van der Waals surface area contributed by atoms with Crippen LogP contribution < -0.4 is 13.6 Å². The molecule has 12 heteroatoms. The van der Waals surface area contributed by atoms with E-state index < -0.39 is 25.9 Å². The Bertz CT molecular complexity index is 1640. The van der Waals surface area contributed by atoms with Gasteiger partial charge < -0.3 is 38.7 Å². The standard InChI is InChI=1S/C21H21O4P.2C7H6O2.C6H14O3/c1-16-4-10-19(11-5-16)23-26(22,24-20-12-6-17(2)7-13-20)25-21-14-8-18(3)9-15-21;2*8-7(9)6-4-2-1-3-5-6;1-5(8)4-9-6(2)3-7/h4-15H,1-3H3;2*1-5H,(H,8,9);5-8H,3-4H2,1-2H3. The zero-order chi connectivity index (χ0) is 39.2. The summed E-state index contributed by atoms with van der Waals surface area (Å²) in [6.07, 6.45) is -0.612. The number of rotatable bonds is 12. The Morgan fingerprint density at radius 2 is 0.868 bits per heavy atom. The van der Waals surface area contributed by atoms with Crippen LogP contribution in [0.4, 0.5) is 0 Å². The maximum absolute atomic E-state index is 13.3. The number of benzene rings is 5. The number of carbonyl (C=O) groups is 2. The molecular formula is C41H47O11P. The first-order valence-electron chi connectivity index (χ1n) is 16.6. The van der Waals surface area contributed by atoms with Gasteiger partial charge in [-0.15, -0.1) is 0 Å². The summed E-state index contributed by atoms with van der Waals surface area (Å²) < 4.78 is 35.2. The Kier molecular flexibility index (Phi) is 19.1. The van der Waals surface area contributed by atoms with Crippen molar-refractivity contribution in [3.05, 3.63) is 161 Å². The molecule has 2 unspecified atom stereocenters. The molecule has 0 aliphatic heterocycles. The summed E-state index contributed by atoms with van der Waals surface area (Å²) in [5, 5.41) is 33.9. The topological polar surface area (TPSA) is 169 Å². The lowest BCUT2D eigenvalue weighted by atomic mass is 10.2. The van der Waals surface area contributed by atoms with Crippen molar-refractivity contribution in [2.24, 2.45) is 0 Å². The zero-order valence-electron chi connectivity index (χ0n) is 30.4. The third-order valence-corrected chi connectivity index (χ3v) is 7.94. The van der Waals surface area contributed by atoms with Gasteiger partial charge in [0.1, 0.15) is 17.2 Å². The van der Waals surface area contributed by atoms with E-state index in [-0.39, 0.29) is 12.7 Å². The molecule has 0 fully saturated rings. The second-order valence-corrected chi connectivity index (χ2v) is 13.1. The molecule has 4 N–H and O–H groups in total. The highest BCUT2D eigenvalue weighted by molar-refractivity contribution is 7.49. The number of aliphatic hydroxyl groups is 2. The first-order valence-corrected chi connectivity index (χ1v) is 18.0. The molecule has 0 aliphatic carbocycles. The Morgan fingerprint density at radius 1 is 0.566 bits per heavy atom. The Morgan fingerprint density at radius 3 is 1.09 bits per heavy atom. The van der Waals surface area contributed by atoms with Gasteiger partial charge in [0.2, 0.25) is 0 Å². The van der Waals surface area contributed by atoms with Gasteiger partial charge in [-0.25, -0.2) is 9.59 Å². The number of aryl methyl sites for hydroxylation is 3. The minimum atomic E-state index is -3.93. The highest BCUT2D eigenvalue weighted by Gasteiger charge is 2.33. The molecule has 282 valence electrons. The Labute approximate surface area is 310 Å². The number of phosphoric ester groups is 1. The van der Waals surface area contributed by atoms with Crippen LogP contribution >= 0.6 is 7.82 Å². The van der Waals surface area contributed by atoms with E-state index in [1.807, 2.05) is 57.2 Å². The van der Waals surface area contributed by atoms with E-state index in [0.717, 1.165) is 16.7 Å². The largest absolute Gasteiger partial charge is 0.647 e. The molecule has 5 rings (SSSR count). The molecule has 0 radical (unpaired) electrons. The van der Waals surface area contributed by atoms with Crippen LogP contribution in [0.25, 0.3) is 0 Å². The summed E-state index contributed by atoms with van der Waals surface area (Å²) in [5.74, 6) is -0.513. The summed E-state index contributed by atoms with van der Waals surface area (Å²) in [4.78, 5) is 20.4. The van der Waals surface area contributed by atoms with Crippen LogP contribution in [-0.4, -0.2) is 57.8 Å². The van der Waals surface area contributed by atoms with Crippen LogP contribution in [0.2, 0.25) is 0 Å². The molecule has 0 aromatic heterocycles. The highest BCUT2D eigenvalue weighted by atomic mass is 31.2. The van der Waals surface area contributed by atoms with Crippen molar-refractivity contribution in [2.45, 2.75) is 46.8 Å². The second kappa shape index (κ2) is 23.2. The smallest absolute Gasteiger partial charge is 0.478 e. The molecule has 0 saturated carbocycles. The number of phosphoric acid groups is 1. The molecule has 2 atom stereocenters. The van der Waals surface area contributed by atoms with E-state index >= 15 is 0 Å². The number of carboxylic acid groups (broad SMARTS) is 2. The van der Waals surface area contributed by atoms with Crippen molar-refractivity contribution in [3.63, 3.8) is 0 Å². The van der Waals surface area contributed by atoms with Gasteiger partial charge in [-0.3, -0.25) is 0 Å². The van der Waals surface area contributed by atoms with Crippen LogP contribution in [-0.2, 0) is 9.30 Å². The van der Waals surface area contributed by atoms with Crippen LogP contribution in [0.15, 0.2) is 133 Å². The lowest BCUT2D eigenvalue weighted by Gasteiger charge is -2.19. The predicted octanol–water partition coefficient (Wildman–Crippen LogP) is 8.79. The molecule has 5 aromatic rings. The van der Waals surface area contributed by atoms with Crippen molar-refractivity contribution >= 4 is 19.8 Å². The number of aliphatic hydroxyl groups excluding tert-OH is 2. The molecule has 0 spiro atoms. The molecule has 0 bridgehead atoms. The Balaban J connectivity index is 0.000000293. The number of hydrogen-bond acceptors (Lipinski definition) is 9. The lowest BCUT2D eigenvalue weighted by molar-refractivity contribution is -0.0177. The summed E-state index contributed by atoms with van der Waals surface area (Å²) in [6, 6.07) is 38.2. The lowest BCUT2D eigenvalue weighted by Crippen LogP contribution is -2.19. The monoisotopic (exact) mass is 746 g/mol. The van der Waals surface area contributed by atoms with Crippen molar-refractivity contribution in [3.8, 4) is 17.2 Å². The van der Waals surface area contributed by atoms with E-state index in [1.165, 1.54) is 0 Å². The van der Waals surface area contributed by atoms with Crippen molar-refractivity contribution in [1.82, 2.24) is 0 Å². The first-order chi connectivity index (χ1) is 25.2. The van der Waals surface area contributed by atoms with Crippen molar-refractivity contribution in [2.75, 3.05) is 13.2 Å². The predicted molar refractivity (Wildman–Crippen MR) is 204 cm³/mol. The average molecular weight is 747 g/mol. The molecule has 0 aliphatic rings. The minimum absolute atomic E-state index is 0.00667. The summed E-state index contributed by atoms with van der Waals surface area (Å²) in [5.41, 5.74) is 3.89. The number of hydrogen-bond donors (Lipinski definition) is 4. The van der Waals surface area contributed by atoms with E-state index in [9.17, 15) is 14.2 Å². The van der Waals surface area contributed by atoms with Crippen LogP contribution in [0.1, 0.15) is 51.3 Å². The first kappa shape index (κ1) is 43.7. The highest BCUT2D eigenvalue weighted by Crippen LogP contribution is 2.49. The SMILES string of the molecule is CC(O)COC(C)CO.Cc1ccc(OP(=O)(Oc2ccc(C)cc2)Oc2ccc(C)cc2)cc1.O=C(O)c1ccccc1.O=C(O)c1ccccc1. The fourth-order valence-electron chi connectivity index (χ4n) is 3.76. The van der Waals surface area contributed by atoms with Gasteiger partial charge in [-0.1, -0.05) is 89.5 Å². The van der Waals surface area contributed by atoms with Gasteiger partial charge in [-0.2, -0.15) is 4.57 Å². The van der Waals surface area contributed by atoms with Gasteiger partial charge in [0.05, 0.1) is 36.5 Å². The molecule has 0 amide bonds. The van der Waals surface area contributed by atoms with E-state index in [0.29, 0.717) is 35.0 Å². The normalized spacial score (nSPS) is 11.4. The molecular weight excluding hydrogens is 699 g/mol. The number of ether oxygens (including phenoxy) is 1. The zero-order valence-corrected chi connectivity index (χ0v) is 31.3. The molecule has 11 nitrogen and oxygen atoms in total. The van der Waals surface area contributed by atoms with Gasteiger partial charge in [0.15, 0.2) is 0 Å². The van der Waals surface area contributed by atoms with Gasteiger partial charge in [0.25, 0.3) is 0 Å². The number of aromatic carboxylic acids is 2. The van der Waals surface area contributed by atoms with Gasteiger partial charge in [0, 0.05) is 0 Å². The molecule has 5 aromatic carbocycles. The van der Waals surface area contributed by atoms with Crippen molar-refractivity contribution < 1.29 is 52.9 Å². The fraction of sp³-hybridized carbons (Fsp3) is 0.220. The summed E-state index contributed by atoms with van der Waals surface area (Å²) in [7, 11) is -3.93. The number of carboxylic acids is 2. The quantitative estimate of drug-likeness (QED) is 0.0901. The van der Waals surface area contributed by atoms with Crippen LogP contribution in [0.5, 0.6) is 17.2 Å². The second-order valence-electron chi connectivity index (χ2n) is 11.7. The fourth-order valence-corrected chi connectivity index (χ4v) is 5.01. The summed E-state index contributed by atoms with van der Waals surface area (Å²) in [6.45, 7) is 9.60. The Hall–Kier alpha value is -5.45. The minimum Gasteiger partial charge on any atom is -0.478 e. The maximum atomic E-state index is 13.3. The average Bonchev–Trinajstić information content (AvgIpc) is 3.15. The third-order valence-electron chi connectivity index (χ3n) is 6.64. The van der Waals surface area contributed by atoms with E-state index in [4.69, 9.17) is 38.7 Å². The molecule has 0 heterocycles. The van der Waals surface area contributed by atoms with Gasteiger partial charge in [-0.05, 0) is 95.3 Å². The maximum Gasteiger partial charge on any atom is 0.647 e. The van der Waals surface area contributed by atoms with Crippen molar-refractivity contribution in [1.29, 1.82) is 0 Å². The van der Waals surface area contributed by atoms with Crippen LogP contribution in [0.3, 0.4) is 0 Å². The van der Waals surface area contributed by atoms with E-state index in [1.54, 1.807) is 111 Å². The van der Waals surface area contributed by atoms with E-state index in [2.05, 4.69) is 0 Å². The molecule has 0 saturated heterocycles. The summed E-state index contributed by atoms with van der Waals surface area (Å²) >= 11 is 0. The van der Waals surface area contributed by atoms with Crippen LogP contribution in [0, 0.1) is 20.8 Å².